The molecule has 1 aromatic carbocycles. The summed E-state index contributed by atoms with van der Waals surface area (Å²) in [7, 11) is 0. The lowest BCUT2D eigenvalue weighted by Gasteiger charge is -2.12. The van der Waals surface area contributed by atoms with Crippen molar-refractivity contribution in [2.24, 2.45) is 0 Å². The van der Waals surface area contributed by atoms with E-state index in [9.17, 15) is 4.79 Å². The van der Waals surface area contributed by atoms with Crippen LogP contribution in [-0.4, -0.2) is 21.2 Å². The third-order valence-corrected chi connectivity index (χ3v) is 3.94. The summed E-state index contributed by atoms with van der Waals surface area (Å²) in [6.07, 6.45) is 0.102. The molecule has 3 aromatic rings. The number of hydrogen-bond acceptors (Lipinski definition) is 5. The number of hydrogen-bond donors (Lipinski definition) is 1. The zero-order valence-corrected chi connectivity index (χ0v) is 13.8. The van der Waals surface area contributed by atoms with Gasteiger partial charge in [-0.05, 0) is 43.5 Å². The van der Waals surface area contributed by atoms with Crippen molar-refractivity contribution >= 4 is 11.7 Å². The van der Waals surface area contributed by atoms with Crippen molar-refractivity contribution in [1.82, 2.24) is 15.3 Å². The van der Waals surface area contributed by atoms with Gasteiger partial charge in [0.1, 0.15) is 17.2 Å². The van der Waals surface area contributed by atoms with Gasteiger partial charge >= 0.3 is 0 Å². The molecule has 0 bridgehead atoms. The maximum Gasteiger partial charge on any atom is 0.231 e. The van der Waals surface area contributed by atoms with Crippen LogP contribution in [0.15, 0.2) is 41.0 Å². The number of aromatic nitrogens is 3. The fourth-order valence-corrected chi connectivity index (χ4v) is 2.47. The second-order valence-electron chi connectivity index (χ2n) is 5.65. The lowest BCUT2D eigenvalue weighted by atomic mass is 10.0. The summed E-state index contributed by atoms with van der Waals surface area (Å²) >= 11 is 0. The van der Waals surface area contributed by atoms with Gasteiger partial charge < -0.3 is 5.32 Å². The minimum Gasteiger partial charge on any atom is -0.310 e. The summed E-state index contributed by atoms with van der Waals surface area (Å²) in [4.78, 5) is 16.7. The molecule has 0 saturated heterocycles. The highest BCUT2D eigenvalue weighted by Gasteiger charge is 2.14. The number of pyridine rings is 1. The van der Waals surface area contributed by atoms with E-state index in [1.807, 2.05) is 50.2 Å². The molecule has 0 unspecified atom stereocenters. The van der Waals surface area contributed by atoms with Crippen molar-refractivity contribution in [2.45, 2.75) is 27.2 Å². The van der Waals surface area contributed by atoms with Crippen LogP contribution >= 0.6 is 0 Å². The van der Waals surface area contributed by atoms with Crippen molar-refractivity contribution in [2.75, 3.05) is 5.32 Å². The van der Waals surface area contributed by atoms with Crippen molar-refractivity contribution in [3.8, 4) is 11.1 Å². The molecule has 0 spiro atoms. The van der Waals surface area contributed by atoms with Crippen molar-refractivity contribution < 1.29 is 9.42 Å². The van der Waals surface area contributed by atoms with E-state index in [2.05, 4.69) is 25.2 Å². The Morgan fingerprint density at radius 1 is 1.08 bits per heavy atom. The van der Waals surface area contributed by atoms with Crippen molar-refractivity contribution in [3.05, 3.63) is 59.0 Å². The van der Waals surface area contributed by atoms with E-state index >= 15 is 0 Å². The van der Waals surface area contributed by atoms with Crippen LogP contribution in [0.1, 0.15) is 22.6 Å². The molecular weight excluding hydrogens is 304 g/mol. The minimum atomic E-state index is -0.205. The molecule has 122 valence electrons. The Bertz CT molecular complexity index is 872. The van der Waals surface area contributed by atoms with E-state index < -0.39 is 0 Å². The van der Waals surface area contributed by atoms with Crippen LogP contribution in [0.25, 0.3) is 11.1 Å². The number of anilines is 1. The lowest BCUT2D eigenvalue weighted by Crippen LogP contribution is -2.16. The molecular formula is C18H18N4O2. The van der Waals surface area contributed by atoms with Gasteiger partial charge in [-0.1, -0.05) is 40.6 Å². The van der Waals surface area contributed by atoms with Gasteiger partial charge in [-0.25, -0.2) is 9.61 Å². The average Bonchev–Trinajstić information content (AvgIpc) is 2.96. The molecule has 0 fully saturated rings. The van der Waals surface area contributed by atoms with E-state index in [0.29, 0.717) is 17.2 Å². The number of benzene rings is 1. The van der Waals surface area contributed by atoms with Crippen molar-refractivity contribution in [3.63, 3.8) is 0 Å². The normalized spacial score (nSPS) is 10.6. The quantitative estimate of drug-likeness (QED) is 0.797. The molecule has 6 heteroatoms. The maximum atomic E-state index is 12.2. The first-order valence-corrected chi connectivity index (χ1v) is 7.66. The van der Waals surface area contributed by atoms with Gasteiger partial charge in [-0.2, -0.15) is 0 Å². The number of amides is 1. The third kappa shape index (κ3) is 3.32. The Balaban J connectivity index is 1.85. The first kappa shape index (κ1) is 15.9. The zero-order chi connectivity index (χ0) is 17.1. The number of carbonyl (C=O) groups excluding carboxylic acids is 1. The van der Waals surface area contributed by atoms with Gasteiger partial charge in [0.15, 0.2) is 0 Å². The van der Waals surface area contributed by atoms with Crippen LogP contribution in [0, 0.1) is 20.8 Å². The standard InChI is InChI=1S/C18H18N4O2/c1-11-12(2)19-17(9-15(11)14-7-5-4-6-8-14)20-18(23)10-16-13(3)21-24-22-16/h4-9H,10H2,1-3H3,(H,19,20,23). The summed E-state index contributed by atoms with van der Waals surface area (Å²) in [6.45, 7) is 5.71. The van der Waals surface area contributed by atoms with E-state index in [4.69, 9.17) is 0 Å². The number of nitrogens with zero attached hydrogens (tertiary/aromatic N) is 3. The Morgan fingerprint density at radius 2 is 1.83 bits per heavy atom. The van der Waals surface area contributed by atoms with Gasteiger partial charge in [0.05, 0.1) is 6.42 Å². The van der Waals surface area contributed by atoms with Crippen LogP contribution in [0.3, 0.4) is 0 Å². The predicted molar refractivity (Wildman–Crippen MR) is 90.5 cm³/mol. The summed E-state index contributed by atoms with van der Waals surface area (Å²) in [5, 5.41) is 10.2. The van der Waals surface area contributed by atoms with Gasteiger partial charge in [-0.3, -0.25) is 4.79 Å². The molecule has 0 aliphatic rings. The molecule has 3 rings (SSSR count). The van der Waals surface area contributed by atoms with E-state index in [1.54, 1.807) is 6.92 Å². The number of carbonyl (C=O) groups is 1. The number of aryl methyl sites for hydroxylation is 2. The molecule has 0 saturated carbocycles. The Labute approximate surface area is 139 Å². The Kier molecular flexibility index (Phi) is 4.37. The minimum absolute atomic E-state index is 0.102. The highest BCUT2D eigenvalue weighted by atomic mass is 16.6. The topological polar surface area (TPSA) is 80.9 Å². The molecule has 1 amide bonds. The highest BCUT2D eigenvalue weighted by Crippen LogP contribution is 2.27. The fourth-order valence-electron chi connectivity index (χ4n) is 2.47. The third-order valence-electron chi connectivity index (χ3n) is 3.94. The zero-order valence-electron chi connectivity index (χ0n) is 13.8. The largest absolute Gasteiger partial charge is 0.310 e. The molecule has 0 atom stereocenters. The average molecular weight is 322 g/mol. The summed E-state index contributed by atoms with van der Waals surface area (Å²) in [5.41, 5.74) is 5.26. The van der Waals surface area contributed by atoms with E-state index in [1.165, 1.54) is 0 Å². The summed E-state index contributed by atoms with van der Waals surface area (Å²) in [6, 6.07) is 11.9. The second-order valence-corrected chi connectivity index (χ2v) is 5.65. The maximum absolute atomic E-state index is 12.2. The first-order chi connectivity index (χ1) is 11.5. The van der Waals surface area contributed by atoms with E-state index in [0.717, 1.165) is 22.4 Å². The Hall–Kier alpha value is -3.02. The van der Waals surface area contributed by atoms with Crippen LogP contribution < -0.4 is 5.32 Å². The van der Waals surface area contributed by atoms with Crippen molar-refractivity contribution in [1.29, 1.82) is 0 Å². The first-order valence-electron chi connectivity index (χ1n) is 7.66. The summed E-state index contributed by atoms with van der Waals surface area (Å²) < 4.78 is 4.61. The number of rotatable bonds is 4. The van der Waals surface area contributed by atoms with Crippen LogP contribution in [0.5, 0.6) is 0 Å². The molecule has 0 aliphatic carbocycles. The smallest absolute Gasteiger partial charge is 0.231 e. The molecule has 0 aliphatic heterocycles. The molecule has 24 heavy (non-hydrogen) atoms. The summed E-state index contributed by atoms with van der Waals surface area (Å²) in [5.74, 6) is 0.319. The van der Waals surface area contributed by atoms with Crippen LogP contribution in [0.4, 0.5) is 5.82 Å². The van der Waals surface area contributed by atoms with Crippen LogP contribution in [-0.2, 0) is 11.2 Å². The molecule has 1 N–H and O–H groups in total. The SMILES string of the molecule is Cc1nonc1CC(=O)Nc1cc(-c2ccccc2)c(C)c(C)n1. The molecule has 2 aromatic heterocycles. The monoisotopic (exact) mass is 322 g/mol. The predicted octanol–water partition coefficient (Wildman–Crippen LogP) is 3.24. The Morgan fingerprint density at radius 3 is 2.50 bits per heavy atom. The highest BCUT2D eigenvalue weighted by molar-refractivity contribution is 5.92. The van der Waals surface area contributed by atoms with Gasteiger partial charge in [-0.15, -0.1) is 0 Å². The molecule has 6 nitrogen and oxygen atoms in total. The van der Waals surface area contributed by atoms with E-state index in [-0.39, 0.29) is 12.3 Å². The second kappa shape index (κ2) is 6.62. The number of nitrogens with one attached hydrogen (secondary N) is 1. The van der Waals surface area contributed by atoms with Gasteiger partial charge in [0.2, 0.25) is 5.91 Å². The lowest BCUT2D eigenvalue weighted by molar-refractivity contribution is -0.115. The van der Waals surface area contributed by atoms with Gasteiger partial charge in [0, 0.05) is 5.69 Å². The molecule has 0 radical (unpaired) electrons. The van der Waals surface area contributed by atoms with Crippen LogP contribution in [0.2, 0.25) is 0 Å². The molecule has 2 heterocycles. The van der Waals surface area contributed by atoms with Gasteiger partial charge in [0.25, 0.3) is 0 Å². The fraction of sp³-hybridized carbons (Fsp3) is 0.222.